The number of nitrogens with zero attached hydrogens (tertiary/aromatic N) is 5. The van der Waals surface area contributed by atoms with E-state index in [0.29, 0.717) is 5.69 Å². The Hall–Kier alpha value is -1.43. The van der Waals surface area contributed by atoms with Gasteiger partial charge in [0.1, 0.15) is 0 Å². The van der Waals surface area contributed by atoms with Crippen molar-refractivity contribution in [2.75, 3.05) is 26.7 Å². The molecule has 22 heavy (non-hydrogen) atoms. The third-order valence-electron chi connectivity index (χ3n) is 5.03. The summed E-state index contributed by atoms with van der Waals surface area (Å²) in [5.41, 5.74) is 0.491. The molecule has 6 nitrogen and oxygen atoms in total. The van der Waals surface area contributed by atoms with E-state index in [2.05, 4.69) is 22.3 Å². The van der Waals surface area contributed by atoms with Crippen molar-refractivity contribution >= 4 is 5.91 Å². The standard InChI is InChI=1S/C16H27N5O/c1-19(14-7-3-4-8-14)11-12-21-13-15(17-18-21)16(22)20-9-5-2-6-10-20/h13-14H,2-12H2,1H3. The van der Waals surface area contributed by atoms with Crippen molar-refractivity contribution < 1.29 is 4.79 Å². The summed E-state index contributed by atoms with van der Waals surface area (Å²) in [5.74, 6) is 0.0371. The number of rotatable bonds is 5. The summed E-state index contributed by atoms with van der Waals surface area (Å²) < 4.78 is 1.81. The highest BCUT2D eigenvalue weighted by molar-refractivity contribution is 5.91. The average molecular weight is 305 g/mol. The lowest BCUT2D eigenvalue weighted by Gasteiger charge is -2.25. The third kappa shape index (κ3) is 3.66. The topological polar surface area (TPSA) is 54.3 Å². The molecule has 1 aliphatic carbocycles. The van der Waals surface area contributed by atoms with Gasteiger partial charge in [0.05, 0.1) is 12.7 Å². The van der Waals surface area contributed by atoms with E-state index >= 15 is 0 Å². The minimum atomic E-state index is 0.0371. The minimum absolute atomic E-state index is 0.0371. The summed E-state index contributed by atoms with van der Waals surface area (Å²) in [5, 5.41) is 8.19. The lowest BCUT2D eigenvalue weighted by Crippen LogP contribution is -2.35. The molecule has 1 amide bonds. The van der Waals surface area contributed by atoms with Crippen LogP contribution in [0.5, 0.6) is 0 Å². The Bertz CT molecular complexity index is 488. The Kier molecular flexibility index (Phi) is 5.08. The highest BCUT2D eigenvalue weighted by Crippen LogP contribution is 2.22. The van der Waals surface area contributed by atoms with Crippen LogP contribution < -0.4 is 0 Å². The number of hydrogen-bond acceptors (Lipinski definition) is 4. The van der Waals surface area contributed by atoms with Crippen molar-refractivity contribution in [1.29, 1.82) is 0 Å². The van der Waals surface area contributed by atoms with Crippen molar-refractivity contribution in [3.8, 4) is 0 Å². The molecule has 1 aliphatic heterocycles. The molecule has 0 atom stereocenters. The Morgan fingerprint density at radius 1 is 1.23 bits per heavy atom. The van der Waals surface area contributed by atoms with Gasteiger partial charge in [-0.25, -0.2) is 0 Å². The monoisotopic (exact) mass is 305 g/mol. The van der Waals surface area contributed by atoms with Gasteiger partial charge in [-0.1, -0.05) is 18.1 Å². The van der Waals surface area contributed by atoms with Crippen LogP contribution in [0.4, 0.5) is 0 Å². The number of amides is 1. The first kappa shape index (κ1) is 15.5. The average Bonchev–Trinajstić information content (AvgIpc) is 3.24. The van der Waals surface area contributed by atoms with E-state index in [1.54, 1.807) is 6.20 Å². The maximum Gasteiger partial charge on any atom is 0.276 e. The third-order valence-corrected chi connectivity index (χ3v) is 5.03. The first-order valence-electron chi connectivity index (χ1n) is 8.64. The zero-order chi connectivity index (χ0) is 15.4. The molecular formula is C16H27N5O. The normalized spacial score (nSPS) is 20.0. The quantitative estimate of drug-likeness (QED) is 0.832. The highest BCUT2D eigenvalue weighted by atomic mass is 16.2. The van der Waals surface area contributed by atoms with Crippen molar-refractivity contribution in [1.82, 2.24) is 24.8 Å². The van der Waals surface area contributed by atoms with Crippen molar-refractivity contribution in [3.63, 3.8) is 0 Å². The summed E-state index contributed by atoms with van der Waals surface area (Å²) in [6.07, 6.45) is 10.6. The van der Waals surface area contributed by atoms with Crippen LogP contribution in [0.2, 0.25) is 0 Å². The molecule has 2 aliphatic rings. The second-order valence-corrected chi connectivity index (χ2v) is 6.64. The SMILES string of the molecule is CN(CCn1cc(C(=O)N2CCCCC2)nn1)C1CCCC1. The molecular weight excluding hydrogens is 278 g/mol. The summed E-state index contributed by atoms with van der Waals surface area (Å²) in [4.78, 5) is 16.7. The Labute approximate surface area is 132 Å². The smallest absolute Gasteiger partial charge is 0.276 e. The maximum atomic E-state index is 12.4. The van der Waals surface area contributed by atoms with Gasteiger partial charge in [-0.3, -0.25) is 9.48 Å². The molecule has 1 saturated carbocycles. The zero-order valence-corrected chi connectivity index (χ0v) is 13.6. The summed E-state index contributed by atoms with van der Waals surface area (Å²) >= 11 is 0. The molecule has 2 fully saturated rings. The van der Waals surface area contributed by atoms with E-state index in [0.717, 1.165) is 45.1 Å². The van der Waals surface area contributed by atoms with Crippen LogP contribution in [0.3, 0.4) is 0 Å². The second-order valence-electron chi connectivity index (χ2n) is 6.64. The molecule has 0 unspecified atom stereocenters. The van der Waals surface area contributed by atoms with Crippen LogP contribution in [-0.2, 0) is 6.54 Å². The van der Waals surface area contributed by atoms with Gasteiger partial charge in [0, 0.05) is 25.7 Å². The van der Waals surface area contributed by atoms with Crippen molar-refractivity contribution in [2.45, 2.75) is 57.5 Å². The number of aromatic nitrogens is 3. The van der Waals surface area contributed by atoms with Gasteiger partial charge >= 0.3 is 0 Å². The van der Waals surface area contributed by atoms with Gasteiger partial charge in [-0.05, 0) is 39.2 Å². The number of carbonyl (C=O) groups is 1. The summed E-state index contributed by atoms with van der Waals surface area (Å²) in [6, 6.07) is 0.720. The van der Waals surface area contributed by atoms with Crippen LogP contribution in [-0.4, -0.2) is 63.4 Å². The first-order chi connectivity index (χ1) is 10.7. The molecule has 0 spiro atoms. The van der Waals surface area contributed by atoms with E-state index in [1.165, 1.54) is 32.1 Å². The van der Waals surface area contributed by atoms with Gasteiger partial charge in [-0.15, -0.1) is 5.10 Å². The van der Waals surface area contributed by atoms with Crippen LogP contribution in [0.25, 0.3) is 0 Å². The van der Waals surface area contributed by atoms with Gasteiger partial charge in [0.2, 0.25) is 0 Å². The van der Waals surface area contributed by atoms with E-state index in [9.17, 15) is 4.79 Å². The van der Waals surface area contributed by atoms with Crippen molar-refractivity contribution in [2.24, 2.45) is 0 Å². The molecule has 0 N–H and O–H groups in total. The summed E-state index contributed by atoms with van der Waals surface area (Å²) in [7, 11) is 2.19. The molecule has 1 saturated heterocycles. The number of likely N-dealkylation sites (tertiary alicyclic amines) is 1. The predicted molar refractivity (Wildman–Crippen MR) is 84.7 cm³/mol. The molecule has 2 heterocycles. The van der Waals surface area contributed by atoms with Crippen LogP contribution in [0.15, 0.2) is 6.20 Å². The number of piperidine rings is 1. The van der Waals surface area contributed by atoms with E-state index in [-0.39, 0.29) is 5.91 Å². The predicted octanol–water partition coefficient (Wildman–Crippen LogP) is 1.78. The zero-order valence-electron chi connectivity index (χ0n) is 13.6. The first-order valence-corrected chi connectivity index (χ1v) is 8.64. The van der Waals surface area contributed by atoms with Crippen LogP contribution >= 0.6 is 0 Å². The summed E-state index contributed by atoms with van der Waals surface area (Å²) in [6.45, 7) is 3.48. The lowest BCUT2D eigenvalue weighted by molar-refractivity contribution is 0.0718. The molecule has 0 aromatic carbocycles. The van der Waals surface area contributed by atoms with Gasteiger partial charge < -0.3 is 9.80 Å². The lowest BCUT2D eigenvalue weighted by atomic mass is 10.1. The van der Waals surface area contributed by atoms with Crippen LogP contribution in [0, 0.1) is 0 Å². The fraction of sp³-hybridized carbons (Fsp3) is 0.812. The molecule has 0 radical (unpaired) electrons. The van der Waals surface area contributed by atoms with E-state index in [1.807, 2.05) is 9.58 Å². The molecule has 1 aromatic heterocycles. The number of hydrogen-bond donors (Lipinski definition) is 0. The van der Waals surface area contributed by atoms with Gasteiger partial charge in [-0.2, -0.15) is 0 Å². The molecule has 1 aromatic rings. The Morgan fingerprint density at radius 3 is 2.68 bits per heavy atom. The van der Waals surface area contributed by atoms with Gasteiger partial charge in [0.15, 0.2) is 5.69 Å². The molecule has 0 bridgehead atoms. The fourth-order valence-corrected chi connectivity index (χ4v) is 3.55. The number of carbonyl (C=O) groups excluding carboxylic acids is 1. The fourth-order valence-electron chi connectivity index (χ4n) is 3.55. The molecule has 6 heteroatoms. The van der Waals surface area contributed by atoms with Crippen molar-refractivity contribution in [3.05, 3.63) is 11.9 Å². The number of likely N-dealkylation sites (N-methyl/N-ethyl adjacent to an activating group) is 1. The van der Waals surface area contributed by atoms with E-state index < -0.39 is 0 Å². The minimum Gasteiger partial charge on any atom is -0.337 e. The molecule has 122 valence electrons. The Morgan fingerprint density at radius 2 is 1.95 bits per heavy atom. The molecule has 3 rings (SSSR count). The van der Waals surface area contributed by atoms with Crippen LogP contribution in [0.1, 0.15) is 55.4 Å². The second kappa shape index (κ2) is 7.22. The van der Waals surface area contributed by atoms with Gasteiger partial charge in [0.25, 0.3) is 5.91 Å². The highest BCUT2D eigenvalue weighted by Gasteiger charge is 2.22. The van der Waals surface area contributed by atoms with E-state index in [4.69, 9.17) is 0 Å². The largest absolute Gasteiger partial charge is 0.337 e. The Balaban J connectivity index is 1.51. The maximum absolute atomic E-state index is 12.4.